The van der Waals surface area contributed by atoms with Crippen LogP contribution in [0.3, 0.4) is 0 Å². The van der Waals surface area contributed by atoms with Crippen LogP contribution in [-0.4, -0.2) is 4.98 Å². The second-order valence-electron chi connectivity index (χ2n) is 2.68. The highest BCUT2D eigenvalue weighted by Gasteiger charge is 2.11. The first-order valence-corrected chi connectivity index (χ1v) is 3.65. The molecule has 0 aliphatic rings. The van der Waals surface area contributed by atoms with Crippen molar-refractivity contribution in [2.45, 2.75) is 13.8 Å². The minimum absolute atomic E-state index is 0.106. The second kappa shape index (κ2) is 3.12. The molecule has 0 amide bonds. The highest BCUT2D eigenvalue weighted by atomic mass is 16.1. The van der Waals surface area contributed by atoms with E-state index in [-0.39, 0.29) is 11.1 Å². The number of aromatic nitrogens is 1. The third kappa shape index (κ3) is 1.30. The highest BCUT2D eigenvalue weighted by Crippen LogP contribution is 2.10. The molecule has 0 aromatic carbocycles. The lowest BCUT2D eigenvalue weighted by atomic mass is 10.0. The molecule has 64 valence electrons. The predicted octanol–water partition coefficient (Wildman–Crippen LogP) is 0.735. The van der Waals surface area contributed by atoms with E-state index in [0.29, 0.717) is 11.3 Å². The van der Waals surface area contributed by atoms with E-state index in [4.69, 9.17) is 10.5 Å². The number of aryl methyl sites for hydroxylation is 1. The lowest BCUT2D eigenvalue weighted by molar-refractivity contribution is 1.08. The Morgan fingerprint density at radius 1 is 1.15 bits per heavy atom. The number of H-pyrrole nitrogens is 1. The van der Waals surface area contributed by atoms with Crippen molar-refractivity contribution in [1.82, 2.24) is 4.98 Å². The number of hydrogen-bond donors (Lipinski definition) is 1. The highest BCUT2D eigenvalue weighted by molar-refractivity contribution is 5.49. The minimum atomic E-state index is -0.498. The maximum absolute atomic E-state index is 11.2. The standard InChI is InChI=1S/C9H7N3O/c1-5-6(2)12-9(13)8(4-11)7(5)3-10/h1-2H3,(H,12,13). The molecule has 0 radical (unpaired) electrons. The summed E-state index contributed by atoms with van der Waals surface area (Å²) in [5, 5.41) is 17.3. The van der Waals surface area contributed by atoms with E-state index in [9.17, 15) is 4.79 Å². The molecule has 0 fully saturated rings. The Balaban J connectivity index is 3.77. The molecule has 0 aliphatic carbocycles. The summed E-state index contributed by atoms with van der Waals surface area (Å²) in [5.74, 6) is 0. The van der Waals surface area contributed by atoms with Gasteiger partial charge in [0, 0.05) is 5.69 Å². The van der Waals surface area contributed by atoms with Crippen molar-refractivity contribution in [2.75, 3.05) is 0 Å². The van der Waals surface area contributed by atoms with Crippen molar-refractivity contribution in [2.24, 2.45) is 0 Å². The summed E-state index contributed by atoms with van der Waals surface area (Å²) in [4.78, 5) is 13.7. The van der Waals surface area contributed by atoms with Crippen LogP contribution >= 0.6 is 0 Å². The molecule has 0 spiro atoms. The number of nitrogens with zero attached hydrogens (tertiary/aromatic N) is 2. The van der Waals surface area contributed by atoms with E-state index < -0.39 is 5.56 Å². The number of hydrogen-bond acceptors (Lipinski definition) is 3. The van der Waals surface area contributed by atoms with E-state index >= 15 is 0 Å². The SMILES string of the molecule is Cc1[nH]c(=O)c(C#N)c(C#N)c1C. The fraction of sp³-hybridized carbons (Fsp3) is 0.222. The van der Waals surface area contributed by atoms with Gasteiger partial charge in [0.1, 0.15) is 17.7 Å². The van der Waals surface area contributed by atoms with Gasteiger partial charge in [-0.2, -0.15) is 10.5 Å². The largest absolute Gasteiger partial charge is 0.325 e. The Labute approximate surface area is 75.1 Å². The minimum Gasteiger partial charge on any atom is -0.325 e. The molecular formula is C9H7N3O. The van der Waals surface area contributed by atoms with Gasteiger partial charge in [0.05, 0.1) is 5.56 Å². The van der Waals surface area contributed by atoms with Crippen molar-refractivity contribution in [3.63, 3.8) is 0 Å². The maximum atomic E-state index is 11.2. The van der Waals surface area contributed by atoms with Gasteiger partial charge in [-0.05, 0) is 19.4 Å². The van der Waals surface area contributed by atoms with Gasteiger partial charge in [-0.1, -0.05) is 0 Å². The van der Waals surface area contributed by atoms with Gasteiger partial charge in [-0.15, -0.1) is 0 Å². The van der Waals surface area contributed by atoms with E-state index in [1.807, 2.05) is 6.07 Å². The molecule has 1 rings (SSSR count). The topological polar surface area (TPSA) is 80.4 Å². The van der Waals surface area contributed by atoms with Crippen LogP contribution < -0.4 is 5.56 Å². The lowest BCUT2D eigenvalue weighted by Crippen LogP contribution is -2.15. The van der Waals surface area contributed by atoms with Crippen LogP contribution in [0.2, 0.25) is 0 Å². The third-order valence-corrected chi connectivity index (χ3v) is 1.94. The number of pyridine rings is 1. The average Bonchev–Trinajstić information content (AvgIpc) is 2.10. The van der Waals surface area contributed by atoms with Crippen LogP contribution in [0.25, 0.3) is 0 Å². The first-order valence-electron chi connectivity index (χ1n) is 3.65. The Bertz CT molecular complexity index is 485. The second-order valence-corrected chi connectivity index (χ2v) is 2.68. The molecule has 0 unspecified atom stereocenters. The molecule has 0 saturated heterocycles. The predicted molar refractivity (Wildman–Crippen MR) is 46.0 cm³/mol. The molecule has 0 atom stereocenters. The zero-order valence-corrected chi connectivity index (χ0v) is 7.30. The molecule has 1 heterocycles. The Morgan fingerprint density at radius 2 is 1.69 bits per heavy atom. The first-order chi connectivity index (χ1) is 6.11. The van der Waals surface area contributed by atoms with Crippen molar-refractivity contribution < 1.29 is 0 Å². The van der Waals surface area contributed by atoms with E-state index in [1.54, 1.807) is 19.9 Å². The van der Waals surface area contributed by atoms with Crippen LogP contribution in [0.4, 0.5) is 0 Å². The smallest absolute Gasteiger partial charge is 0.267 e. The van der Waals surface area contributed by atoms with Crippen molar-refractivity contribution in [1.29, 1.82) is 10.5 Å². The van der Waals surface area contributed by atoms with Crippen LogP contribution in [0.1, 0.15) is 22.4 Å². The Kier molecular flexibility index (Phi) is 2.17. The zero-order valence-electron chi connectivity index (χ0n) is 7.30. The number of nitrogens with one attached hydrogen (secondary N) is 1. The van der Waals surface area contributed by atoms with Gasteiger partial charge in [-0.25, -0.2) is 0 Å². The van der Waals surface area contributed by atoms with E-state index in [2.05, 4.69) is 4.98 Å². The summed E-state index contributed by atoms with van der Waals surface area (Å²) >= 11 is 0. The molecule has 0 saturated carbocycles. The Hall–Kier alpha value is -2.07. The summed E-state index contributed by atoms with van der Waals surface area (Å²) in [7, 11) is 0. The van der Waals surface area contributed by atoms with Gasteiger partial charge in [0.2, 0.25) is 0 Å². The van der Waals surface area contributed by atoms with Crippen molar-refractivity contribution in [3.8, 4) is 12.1 Å². The molecule has 0 aliphatic heterocycles. The van der Waals surface area contributed by atoms with Gasteiger partial charge in [0.25, 0.3) is 5.56 Å². The summed E-state index contributed by atoms with van der Waals surface area (Å²) in [6.45, 7) is 3.39. The molecule has 4 heteroatoms. The van der Waals surface area contributed by atoms with Crippen LogP contribution in [0, 0.1) is 36.5 Å². The summed E-state index contributed by atoms with van der Waals surface area (Å²) in [6, 6.07) is 3.57. The number of nitriles is 2. The van der Waals surface area contributed by atoms with Crippen LogP contribution in [0.5, 0.6) is 0 Å². The summed E-state index contributed by atoms with van der Waals surface area (Å²) < 4.78 is 0. The molecule has 1 aromatic heterocycles. The number of rotatable bonds is 0. The number of aromatic amines is 1. The van der Waals surface area contributed by atoms with Gasteiger partial charge < -0.3 is 4.98 Å². The molecule has 13 heavy (non-hydrogen) atoms. The Morgan fingerprint density at radius 3 is 2.15 bits per heavy atom. The maximum Gasteiger partial charge on any atom is 0.267 e. The third-order valence-electron chi connectivity index (χ3n) is 1.94. The van der Waals surface area contributed by atoms with Crippen LogP contribution in [0.15, 0.2) is 4.79 Å². The van der Waals surface area contributed by atoms with E-state index in [0.717, 1.165) is 0 Å². The summed E-state index contributed by atoms with van der Waals surface area (Å²) in [5.41, 5.74) is 0.843. The monoisotopic (exact) mass is 173 g/mol. The fourth-order valence-corrected chi connectivity index (χ4v) is 1.06. The molecular weight excluding hydrogens is 166 g/mol. The van der Waals surface area contributed by atoms with Gasteiger partial charge in [-0.3, -0.25) is 4.79 Å². The molecule has 0 bridgehead atoms. The lowest BCUT2D eigenvalue weighted by Gasteiger charge is -2.02. The van der Waals surface area contributed by atoms with Crippen molar-refractivity contribution in [3.05, 3.63) is 32.7 Å². The first kappa shape index (κ1) is 9.02. The fourth-order valence-electron chi connectivity index (χ4n) is 1.06. The van der Waals surface area contributed by atoms with Gasteiger partial charge in [0.15, 0.2) is 0 Å². The van der Waals surface area contributed by atoms with Gasteiger partial charge >= 0.3 is 0 Å². The normalized spacial score (nSPS) is 8.92. The van der Waals surface area contributed by atoms with Crippen LogP contribution in [-0.2, 0) is 0 Å². The molecule has 4 nitrogen and oxygen atoms in total. The van der Waals surface area contributed by atoms with E-state index in [1.165, 1.54) is 0 Å². The average molecular weight is 173 g/mol. The quantitative estimate of drug-likeness (QED) is 0.628. The zero-order chi connectivity index (χ0) is 10.0. The molecule has 1 N–H and O–H groups in total. The molecule has 1 aromatic rings. The summed E-state index contributed by atoms with van der Waals surface area (Å²) in [6.07, 6.45) is 0. The van der Waals surface area contributed by atoms with Crippen molar-refractivity contribution >= 4 is 0 Å².